The van der Waals surface area contributed by atoms with E-state index in [1.807, 2.05) is 0 Å². The minimum Gasteiger partial charge on any atom is -0.477 e. The number of carbonyl (C=O) groups is 1. The van der Waals surface area contributed by atoms with Crippen molar-refractivity contribution in [2.24, 2.45) is 0 Å². The molecule has 1 saturated heterocycles. The SMILES string of the molecule is O=C(O)C1=CC2(CCN(S(=O)(=O)c3cccc(C(F)(F)F)c3)CC2)ON1. The summed E-state index contributed by atoms with van der Waals surface area (Å²) in [7, 11) is -4.10. The first-order valence-electron chi connectivity index (χ1n) is 7.61. The zero-order chi connectivity index (χ0) is 19.2. The third-order valence-corrected chi connectivity index (χ3v) is 6.26. The number of alkyl halides is 3. The number of hydrogen-bond acceptors (Lipinski definition) is 5. The second-order valence-electron chi connectivity index (χ2n) is 6.06. The Labute approximate surface area is 147 Å². The summed E-state index contributed by atoms with van der Waals surface area (Å²) >= 11 is 0. The van der Waals surface area contributed by atoms with Crippen LogP contribution >= 0.6 is 0 Å². The van der Waals surface area contributed by atoms with Crippen molar-refractivity contribution in [1.29, 1.82) is 0 Å². The van der Waals surface area contributed by atoms with Crippen molar-refractivity contribution in [3.63, 3.8) is 0 Å². The molecule has 2 N–H and O–H groups in total. The van der Waals surface area contributed by atoms with Gasteiger partial charge in [0.2, 0.25) is 10.0 Å². The molecule has 0 saturated carbocycles. The number of hydroxylamine groups is 1. The standard InChI is InChI=1S/C15H15F3N2O5S/c16-15(17,18)10-2-1-3-11(8-10)26(23,24)20-6-4-14(5-7-20)9-12(13(21)22)19-25-14/h1-3,8-9,19H,4-7H2,(H,21,22). The molecule has 2 aliphatic heterocycles. The summed E-state index contributed by atoms with van der Waals surface area (Å²) in [5.74, 6) is -1.19. The molecule has 1 spiro atoms. The van der Waals surface area contributed by atoms with Crippen LogP contribution in [0, 0.1) is 0 Å². The van der Waals surface area contributed by atoms with E-state index in [9.17, 15) is 26.4 Å². The molecule has 1 aromatic carbocycles. The first-order valence-corrected chi connectivity index (χ1v) is 9.05. The molecule has 0 aromatic heterocycles. The summed E-state index contributed by atoms with van der Waals surface area (Å²) in [6.07, 6.45) is -2.90. The molecule has 0 amide bonds. The van der Waals surface area contributed by atoms with Gasteiger partial charge in [-0.1, -0.05) is 6.07 Å². The Kier molecular flexibility index (Phi) is 4.49. The molecule has 0 aliphatic carbocycles. The van der Waals surface area contributed by atoms with E-state index in [2.05, 4.69) is 5.48 Å². The Bertz CT molecular complexity index is 858. The molecule has 0 unspecified atom stereocenters. The molecular formula is C15H15F3N2O5S. The lowest BCUT2D eigenvalue weighted by Crippen LogP contribution is -2.46. The highest BCUT2D eigenvalue weighted by atomic mass is 32.2. The van der Waals surface area contributed by atoms with Crippen molar-refractivity contribution in [2.45, 2.75) is 29.5 Å². The van der Waals surface area contributed by atoms with Crippen LogP contribution in [0.25, 0.3) is 0 Å². The summed E-state index contributed by atoms with van der Waals surface area (Å²) in [6.45, 7) is -0.0205. The highest BCUT2D eigenvalue weighted by molar-refractivity contribution is 7.89. The third-order valence-electron chi connectivity index (χ3n) is 4.37. The van der Waals surface area contributed by atoms with Crippen LogP contribution in [0.4, 0.5) is 13.2 Å². The van der Waals surface area contributed by atoms with Crippen LogP contribution in [0.2, 0.25) is 0 Å². The van der Waals surface area contributed by atoms with Crippen LogP contribution in [0.5, 0.6) is 0 Å². The number of sulfonamides is 1. The van der Waals surface area contributed by atoms with E-state index < -0.39 is 38.2 Å². The van der Waals surface area contributed by atoms with E-state index in [1.54, 1.807) is 0 Å². The average molecular weight is 392 g/mol. The van der Waals surface area contributed by atoms with Crippen molar-refractivity contribution in [3.05, 3.63) is 41.6 Å². The number of carboxylic acid groups (broad SMARTS) is 1. The number of piperidine rings is 1. The number of nitrogens with one attached hydrogen (secondary N) is 1. The number of hydrogen-bond donors (Lipinski definition) is 2. The smallest absolute Gasteiger partial charge is 0.416 e. The molecule has 7 nitrogen and oxygen atoms in total. The molecular weight excluding hydrogens is 377 g/mol. The van der Waals surface area contributed by atoms with Crippen LogP contribution < -0.4 is 5.48 Å². The molecule has 2 aliphatic rings. The van der Waals surface area contributed by atoms with Gasteiger partial charge in [-0.15, -0.1) is 0 Å². The number of halogens is 3. The topological polar surface area (TPSA) is 95.9 Å². The molecule has 3 rings (SSSR count). The van der Waals surface area contributed by atoms with E-state index in [0.29, 0.717) is 6.07 Å². The number of nitrogens with zero attached hydrogens (tertiary/aromatic N) is 1. The molecule has 0 bridgehead atoms. The minimum absolute atomic E-state index is 0.0103. The average Bonchev–Trinajstić information content (AvgIpc) is 2.99. The number of aliphatic carboxylic acids is 1. The van der Waals surface area contributed by atoms with Crippen molar-refractivity contribution in [2.75, 3.05) is 13.1 Å². The predicted octanol–water partition coefficient (Wildman–Crippen LogP) is 1.73. The quantitative estimate of drug-likeness (QED) is 0.814. The summed E-state index contributed by atoms with van der Waals surface area (Å²) < 4.78 is 64.8. The van der Waals surface area contributed by atoms with Crippen molar-refractivity contribution in [3.8, 4) is 0 Å². The van der Waals surface area contributed by atoms with E-state index in [4.69, 9.17) is 9.94 Å². The fourth-order valence-corrected chi connectivity index (χ4v) is 4.41. The second kappa shape index (κ2) is 6.25. The van der Waals surface area contributed by atoms with Gasteiger partial charge in [0.15, 0.2) is 0 Å². The number of benzene rings is 1. The van der Waals surface area contributed by atoms with Gasteiger partial charge in [-0.25, -0.2) is 13.2 Å². The molecule has 0 radical (unpaired) electrons. The number of carboxylic acids is 1. The van der Waals surface area contributed by atoms with Crippen LogP contribution in [-0.4, -0.2) is 42.5 Å². The highest BCUT2D eigenvalue weighted by Crippen LogP contribution is 2.35. The Morgan fingerprint density at radius 1 is 1.27 bits per heavy atom. The van der Waals surface area contributed by atoms with Gasteiger partial charge in [0.25, 0.3) is 0 Å². The number of rotatable bonds is 3. The predicted molar refractivity (Wildman–Crippen MR) is 82.1 cm³/mol. The van der Waals surface area contributed by atoms with Crippen LogP contribution in [-0.2, 0) is 25.8 Å². The highest BCUT2D eigenvalue weighted by Gasteiger charge is 2.43. The second-order valence-corrected chi connectivity index (χ2v) is 8.00. The summed E-state index contributed by atoms with van der Waals surface area (Å²) in [5, 5.41) is 8.94. The van der Waals surface area contributed by atoms with E-state index in [1.165, 1.54) is 6.08 Å². The molecule has 2 heterocycles. The molecule has 1 fully saturated rings. The van der Waals surface area contributed by atoms with Crippen molar-refractivity contribution < 1.29 is 36.3 Å². The normalized spacial score (nSPS) is 20.7. The minimum atomic E-state index is -4.64. The Morgan fingerprint density at radius 3 is 2.46 bits per heavy atom. The lowest BCUT2D eigenvalue weighted by atomic mass is 9.92. The van der Waals surface area contributed by atoms with Crippen LogP contribution in [0.3, 0.4) is 0 Å². The lowest BCUT2D eigenvalue weighted by Gasteiger charge is -2.35. The Morgan fingerprint density at radius 2 is 1.92 bits per heavy atom. The summed E-state index contributed by atoms with van der Waals surface area (Å²) in [4.78, 5) is 15.8. The van der Waals surface area contributed by atoms with Crippen LogP contribution in [0.15, 0.2) is 40.9 Å². The van der Waals surface area contributed by atoms with Gasteiger partial charge >= 0.3 is 12.1 Å². The molecule has 26 heavy (non-hydrogen) atoms. The van der Waals surface area contributed by atoms with Crippen LogP contribution in [0.1, 0.15) is 18.4 Å². The summed E-state index contributed by atoms with van der Waals surface area (Å²) in [6, 6.07) is 3.58. The third kappa shape index (κ3) is 3.41. The van der Waals surface area contributed by atoms with Crippen molar-refractivity contribution in [1.82, 2.24) is 9.79 Å². The zero-order valence-electron chi connectivity index (χ0n) is 13.3. The van der Waals surface area contributed by atoms with E-state index in [0.717, 1.165) is 22.5 Å². The van der Waals surface area contributed by atoms with Gasteiger partial charge in [0.1, 0.15) is 11.3 Å². The zero-order valence-corrected chi connectivity index (χ0v) is 14.1. The lowest BCUT2D eigenvalue weighted by molar-refractivity contribution is -0.138. The van der Waals surface area contributed by atoms with Gasteiger partial charge in [-0.3, -0.25) is 10.3 Å². The Balaban J connectivity index is 1.78. The molecule has 11 heteroatoms. The molecule has 1 aromatic rings. The van der Waals surface area contributed by atoms with Gasteiger partial charge in [0, 0.05) is 13.1 Å². The monoisotopic (exact) mass is 392 g/mol. The van der Waals surface area contributed by atoms with Gasteiger partial charge < -0.3 is 5.11 Å². The van der Waals surface area contributed by atoms with Gasteiger partial charge in [0.05, 0.1) is 10.5 Å². The maximum absolute atomic E-state index is 12.8. The fourth-order valence-electron chi connectivity index (χ4n) is 2.92. The first-order chi connectivity index (χ1) is 12.0. The summed E-state index contributed by atoms with van der Waals surface area (Å²) in [5.41, 5.74) is 0.194. The maximum atomic E-state index is 12.8. The van der Waals surface area contributed by atoms with Crippen molar-refractivity contribution >= 4 is 16.0 Å². The maximum Gasteiger partial charge on any atom is 0.416 e. The fraction of sp³-hybridized carbons (Fsp3) is 0.400. The van der Waals surface area contributed by atoms with Gasteiger partial charge in [-0.05, 0) is 37.1 Å². The Hall–Kier alpha value is -2.11. The molecule has 142 valence electrons. The first kappa shape index (κ1) is 18.7. The largest absolute Gasteiger partial charge is 0.477 e. The van der Waals surface area contributed by atoms with E-state index >= 15 is 0 Å². The van der Waals surface area contributed by atoms with Gasteiger partial charge in [-0.2, -0.15) is 17.5 Å². The molecule has 0 atom stereocenters. The van der Waals surface area contributed by atoms with E-state index in [-0.39, 0.29) is 31.6 Å².